The summed E-state index contributed by atoms with van der Waals surface area (Å²) < 4.78 is 23.7. The molecule has 0 radical (unpaired) electrons. The fourth-order valence-corrected chi connectivity index (χ4v) is 2.87. The van der Waals surface area contributed by atoms with Gasteiger partial charge >= 0.3 is 17.9 Å². The van der Waals surface area contributed by atoms with Gasteiger partial charge in [-0.2, -0.15) is 0 Å². The lowest BCUT2D eigenvalue weighted by Gasteiger charge is -2.26. The second kappa shape index (κ2) is 9.09. The van der Waals surface area contributed by atoms with Gasteiger partial charge in [-0.15, -0.1) is 0 Å². The lowest BCUT2D eigenvalue weighted by atomic mass is 9.93. The molecule has 0 aliphatic carbocycles. The van der Waals surface area contributed by atoms with Crippen LogP contribution in [-0.2, 0) is 36.7 Å². The van der Waals surface area contributed by atoms with Crippen LogP contribution in [0.25, 0.3) is 0 Å². The molecule has 0 aromatic heterocycles. The number of hydrogen-bond acceptors (Lipinski definition) is 6. The van der Waals surface area contributed by atoms with Crippen LogP contribution in [0, 0.1) is 0 Å². The van der Waals surface area contributed by atoms with E-state index < -0.39 is 55.0 Å². The summed E-state index contributed by atoms with van der Waals surface area (Å²) in [6.07, 6.45) is -3.80. The molecule has 0 bridgehead atoms. The molecule has 28 heavy (non-hydrogen) atoms. The number of aryl methyl sites for hydroxylation is 1. The van der Waals surface area contributed by atoms with Crippen LogP contribution in [0.1, 0.15) is 24.0 Å². The summed E-state index contributed by atoms with van der Waals surface area (Å²) in [6, 6.07) is 6.22. The van der Waals surface area contributed by atoms with E-state index in [0.717, 1.165) is 0 Å². The largest absolute Gasteiger partial charge is 0.481 e. The maximum absolute atomic E-state index is 13.4. The van der Waals surface area contributed by atoms with Gasteiger partial charge in [-0.3, -0.25) is 4.79 Å². The highest BCUT2D eigenvalue weighted by Crippen LogP contribution is 2.25. The van der Waals surface area contributed by atoms with Gasteiger partial charge in [0.15, 0.2) is 0 Å². The third-order valence-electron chi connectivity index (χ3n) is 4.50. The van der Waals surface area contributed by atoms with Gasteiger partial charge in [0.2, 0.25) is 0 Å². The molecule has 0 spiro atoms. The molecule has 1 aliphatic rings. The lowest BCUT2D eigenvalue weighted by Crippen LogP contribution is -2.52. The average molecular weight is 399 g/mol. The molecule has 154 valence electrons. The number of carboxylic acids is 3. The molecule has 3 atom stereocenters. The van der Waals surface area contributed by atoms with Crippen LogP contribution >= 0.6 is 0 Å². The first-order valence-corrected chi connectivity index (χ1v) is 8.59. The zero-order valence-corrected chi connectivity index (χ0v) is 14.9. The fraction of sp³-hybridized carbons (Fsp3) is 0.500. The Morgan fingerprint density at radius 3 is 2.18 bits per heavy atom. The van der Waals surface area contributed by atoms with E-state index in [9.17, 15) is 29.0 Å². The summed E-state index contributed by atoms with van der Waals surface area (Å²) in [5.41, 5.74) is 3.89. The van der Waals surface area contributed by atoms with Crippen molar-refractivity contribution in [2.75, 3.05) is 6.61 Å². The van der Waals surface area contributed by atoms with E-state index in [1.54, 1.807) is 12.1 Å². The Kier molecular flexibility index (Phi) is 7.05. The van der Waals surface area contributed by atoms with E-state index in [0.29, 0.717) is 17.5 Å². The first-order chi connectivity index (χ1) is 13.1. The molecule has 1 aliphatic heterocycles. The van der Waals surface area contributed by atoms with E-state index >= 15 is 0 Å². The number of carbonyl (C=O) groups is 3. The van der Waals surface area contributed by atoms with Crippen molar-refractivity contribution >= 4 is 17.9 Å². The molecule has 1 aromatic rings. The molecule has 5 N–H and O–H groups in total. The molecule has 10 heteroatoms. The molecule has 1 heterocycles. The topological polar surface area (TPSA) is 156 Å². The third-order valence-corrected chi connectivity index (χ3v) is 4.50. The number of nitrogens with two attached hydrogens (primary N) is 1. The first kappa shape index (κ1) is 21.7. The molecule has 2 rings (SSSR count). The van der Waals surface area contributed by atoms with E-state index in [1.165, 1.54) is 12.1 Å². The molecule has 1 fully saturated rings. The van der Waals surface area contributed by atoms with Gasteiger partial charge in [0.25, 0.3) is 5.60 Å². The van der Waals surface area contributed by atoms with Crippen LogP contribution < -0.4 is 5.73 Å². The van der Waals surface area contributed by atoms with Crippen molar-refractivity contribution in [1.29, 1.82) is 0 Å². The number of aliphatic carboxylic acids is 3. The highest BCUT2D eigenvalue weighted by Gasteiger charge is 2.49. The van der Waals surface area contributed by atoms with Gasteiger partial charge in [-0.05, 0) is 17.5 Å². The normalized spacial score (nSPS) is 22.1. The summed E-state index contributed by atoms with van der Waals surface area (Å²) in [4.78, 5) is 34.1. The van der Waals surface area contributed by atoms with E-state index in [2.05, 4.69) is 0 Å². The Morgan fingerprint density at radius 1 is 1.14 bits per heavy atom. The van der Waals surface area contributed by atoms with Gasteiger partial charge in [0, 0.05) is 19.3 Å². The first-order valence-electron chi connectivity index (χ1n) is 8.59. The Labute approximate surface area is 159 Å². The molecule has 0 saturated carbocycles. The Morgan fingerprint density at radius 2 is 1.71 bits per heavy atom. The van der Waals surface area contributed by atoms with Crippen LogP contribution in [0.3, 0.4) is 0 Å². The van der Waals surface area contributed by atoms with E-state index in [-0.39, 0.29) is 12.8 Å². The lowest BCUT2D eigenvalue weighted by molar-refractivity contribution is -0.187. The van der Waals surface area contributed by atoms with Gasteiger partial charge < -0.3 is 30.5 Å². The number of halogens is 1. The van der Waals surface area contributed by atoms with Crippen LogP contribution in [-0.4, -0.2) is 63.9 Å². The van der Waals surface area contributed by atoms with Crippen molar-refractivity contribution in [3.63, 3.8) is 0 Å². The Bertz CT molecular complexity index is 699. The predicted octanol–water partition coefficient (Wildman–Crippen LogP) is 0.583. The number of carboxylic acid groups (broad SMARTS) is 3. The monoisotopic (exact) mass is 399 g/mol. The zero-order chi connectivity index (χ0) is 20.9. The average Bonchev–Trinajstić information content (AvgIpc) is 2.95. The maximum Gasteiger partial charge on any atom is 0.348 e. The van der Waals surface area contributed by atoms with Crippen molar-refractivity contribution < 1.29 is 43.6 Å². The zero-order valence-electron chi connectivity index (χ0n) is 14.9. The minimum atomic E-state index is -2.58. The molecule has 0 amide bonds. The maximum atomic E-state index is 13.4. The highest BCUT2D eigenvalue weighted by molar-refractivity contribution is 6.02. The summed E-state index contributed by atoms with van der Waals surface area (Å²) >= 11 is 0. The van der Waals surface area contributed by atoms with Crippen LogP contribution in [0.2, 0.25) is 0 Å². The Hall–Kier alpha value is -2.56. The number of benzene rings is 1. The van der Waals surface area contributed by atoms with Gasteiger partial charge in [-0.25, -0.2) is 14.0 Å². The van der Waals surface area contributed by atoms with Gasteiger partial charge in [0.1, 0.15) is 12.4 Å². The number of rotatable bonds is 10. The quantitative estimate of drug-likeness (QED) is 0.413. The van der Waals surface area contributed by atoms with E-state index in [1.807, 2.05) is 0 Å². The van der Waals surface area contributed by atoms with Crippen molar-refractivity contribution in [3.8, 4) is 0 Å². The second-order valence-electron chi connectivity index (χ2n) is 6.61. The summed E-state index contributed by atoms with van der Waals surface area (Å²) in [6.45, 7) is -0.441. The van der Waals surface area contributed by atoms with Gasteiger partial charge in [0.05, 0.1) is 12.7 Å². The van der Waals surface area contributed by atoms with Gasteiger partial charge in [-0.1, -0.05) is 24.3 Å². The molecule has 3 unspecified atom stereocenters. The SMILES string of the molecule is NC1OC(COC(Cc2ccc(CCC(=O)O)cc2)(C(=O)O)C(=O)O)CC1F. The molecular weight excluding hydrogens is 377 g/mol. The summed E-state index contributed by atoms with van der Waals surface area (Å²) in [5.74, 6) is -4.35. The molecule has 9 nitrogen and oxygen atoms in total. The van der Waals surface area contributed by atoms with Crippen molar-refractivity contribution in [3.05, 3.63) is 35.4 Å². The fourth-order valence-electron chi connectivity index (χ4n) is 2.87. The van der Waals surface area contributed by atoms with Crippen LogP contribution in [0.4, 0.5) is 4.39 Å². The second-order valence-corrected chi connectivity index (χ2v) is 6.61. The molecular formula is C18H22FNO8. The molecule has 1 aromatic carbocycles. The third kappa shape index (κ3) is 5.24. The minimum Gasteiger partial charge on any atom is -0.481 e. The highest BCUT2D eigenvalue weighted by atomic mass is 19.1. The number of alkyl halides is 1. The molecule has 1 saturated heterocycles. The van der Waals surface area contributed by atoms with Crippen molar-refractivity contribution in [1.82, 2.24) is 0 Å². The number of hydrogen-bond donors (Lipinski definition) is 4. The minimum absolute atomic E-state index is 0.0598. The summed E-state index contributed by atoms with van der Waals surface area (Å²) in [5, 5.41) is 27.7. The number of ether oxygens (including phenoxy) is 2. The van der Waals surface area contributed by atoms with Crippen molar-refractivity contribution in [2.45, 2.75) is 49.8 Å². The standard InChI is InChI=1S/C18H22FNO8/c19-13-7-12(28-15(13)20)9-27-18(16(23)24,17(25)26)8-11-3-1-10(2-4-11)5-6-14(21)22/h1-4,12-13,15H,5-9,20H2,(H,21,22)(H,23,24)(H,25,26). The van der Waals surface area contributed by atoms with Crippen molar-refractivity contribution in [2.24, 2.45) is 5.73 Å². The van der Waals surface area contributed by atoms with E-state index in [4.69, 9.17) is 20.3 Å². The summed E-state index contributed by atoms with van der Waals surface area (Å²) in [7, 11) is 0. The smallest absolute Gasteiger partial charge is 0.348 e. The van der Waals surface area contributed by atoms with Crippen LogP contribution in [0.15, 0.2) is 24.3 Å². The predicted molar refractivity (Wildman–Crippen MR) is 92.4 cm³/mol. The van der Waals surface area contributed by atoms with Crippen LogP contribution in [0.5, 0.6) is 0 Å². The Balaban J connectivity index is 2.11.